The van der Waals surface area contributed by atoms with E-state index >= 15 is 0 Å². The standard InChI is InChI=1S/C11H10ClFN2O/c12-9-2-1-7(5-10(9)13)11-6-8(3-4-14)16-15-11/h1-2,5-6H,3-4,14H2. The Kier molecular flexibility index (Phi) is 3.22. The molecule has 3 nitrogen and oxygen atoms in total. The molecular weight excluding hydrogens is 231 g/mol. The third-order valence-corrected chi connectivity index (χ3v) is 2.47. The van der Waals surface area contributed by atoms with E-state index in [9.17, 15) is 4.39 Å². The van der Waals surface area contributed by atoms with Gasteiger partial charge in [-0.2, -0.15) is 0 Å². The molecule has 0 amide bonds. The Balaban J connectivity index is 2.31. The smallest absolute Gasteiger partial charge is 0.142 e. The quantitative estimate of drug-likeness (QED) is 0.897. The summed E-state index contributed by atoms with van der Waals surface area (Å²) >= 11 is 5.59. The molecule has 0 spiro atoms. The van der Waals surface area contributed by atoms with Gasteiger partial charge < -0.3 is 10.3 Å². The van der Waals surface area contributed by atoms with Crippen LogP contribution in [-0.2, 0) is 6.42 Å². The highest BCUT2D eigenvalue weighted by atomic mass is 35.5. The van der Waals surface area contributed by atoms with Crippen LogP contribution in [-0.4, -0.2) is 11.7 Å². The third-order valence-electron chi connectivity index (χ3n) is 2.17. The van der Waals surface area contributed by atoms with Crippen molar-refractivity contribution in [2.75, 3.05) is 6.54 Å². The molecule has 2 aromatic rings. The second kappa shape index (κ2) is 4.63. The number of halogens is 2. The molecule has 0 atom stereocenters. The fourth-order valence-electron chi connectivity index (χ4n) is 1.36. The van der Waals surface area contributed by atoms with E-state index in [4.69, 9.17) is 21.9 Å². The van der Waals surface area contributed by atoms with E-state index < -0.39 is 5.82 Å². The molecule has 1 heterocycles. The summed E-state index contributed by atoms with van der Waals surface area (Å²) in [5, 5.41) is 3.93. The Morgan fingerprint density at radius 1 is 1.38 bits per heavy atom. The van der Waals surface area contributed by atoms with Gasteiger partial charge in [0.15, 0.2) is 0 Å². The van der Waals surface area contributed by atoms with Crippen LogP contribution in [0.25, 0.3) is 11.3 Å². The van der Waals surface area contributed by atoms with Crippen molar-refractivity contribution in [1.82, 2.24) is 5.16 Å². The number of hydrogen-bond acceptors (Lipinski definition) is 3. The van der Waals surface area contributed by atoms with E-state index in [-0.39, 0.29) is 5.02 Å². The SMILES string of the molecule is NCCc1cc(-c2ccc(Cl)c(F)c2)no1. The Bertz CT molecular complexity index is 498. The summed E-state index contributed by atoms with van der Waals surface area (Å²) in [6, 6.07) is 6.25. The summed E-state index contributed by atoms with van der Waals surface area (Å²) in [6.45, 7) is 0.490. The summed E-state index contributed by atoms with van der Waals surface area (Å²) in [6.07, 6.45) is 0.614. The largest absolute Gasteiger partial charge is 0.361 e. The van der Waals surface area contributed by atoms with Crippen molar-refractivity contribution in [3.8, 4) is 11.3 Å². The van der Waals surface area contributed by atoms with Crippen LogP contribution >= 0.6 is 11.6 Å². The van der Waals surface area contributed by atoms with E-state index in [2.05, 4.69) is 5.16 Å². The number of nitrogens with two attached hydrogens (primary N) is 1. The van der Waals surface area contributed by atoms with Crippen molar-refractivity contribution in [3.63, 3.8) is 0 Å². The lowest BCUT2D eigenvalue weighted by molar-refractivity contribution is 0.386. The summed E-state index contributed by atoms with van der Waals surface area (Å²) in [7, 11) is 0. The van der Waals surface area contributed by atoms with Crippen LogP contribution in [0.15, 0.2) is 28.8 Å². The summed E-state index contributed by atoms with van der Waals surface area (Å²) in [5.74, 6) is 0.218. The van der Waals surface area contributed by atoms with Crippen LogP contribution in [0.3, 0.4) is 0 Å². The predicted octanol–water partition coefficient (Wildman–Crippen LogP) is 2.64. The molecule has 0 radical (unpaired) electrons. The first-order chi connectivity index (χ1) is 7.70. The number of nitrogens with zero attached hydrogens (tertiary/aromatic N) is 1. The van der Waals surface area contributed by atoms with Crippen LogP contribution in [0.5, 0.6) is 0 Å². The van der Waals surface area contributed by atoms with Gasteiger partial charge >= 0.3 is 0 Å². The van der Waals surface area contributed by atoms with Crippen molar-refractivity contribution in [2.24, 2.45) is 5.73 Å². The molecule has 0 saturated carbocycles. The van der Waals surface area contributed by atoms with Gasteiger partial charge in [0.05, 0.1) is 5.02 Å². The molecule has 2 rings (SSSR count). The van der Waals surface area contributed by atoms with Crippen molar-refractivity contribution < 1.29 is 8.91 Å². The van der Waals surface area contributed by atoms with Gasteiger partial charge in [-0.05, 0) is 18.7 Å². The Hall–Kier alpha value is -1.39. The molecule has 1 aromatic carbocycles. The van der Waals surface area contributed by atoms with E-state index in [0.717, 1.165) is 0 Å². The van der Waals surface area contributed by atoms with Gasteiger partial charge in [-0.15, -0.1) is 0 Å². The fraction of sp³-hybridized carbons (Fsp3) is 0.182. The zero-order valence-corrected chi connectivity index (χ0v) is 9.17. The minimum atomic E-state index is -0.470. The molecular formula is C11H10ClFN2O. The predicted molar refractivity (Wildman–Crippen MR) is 59.7 cm³/mol. The zero-order chi connectivity index (χ0) is 11.5. The Morgan fingerprint density at radius 2 is 2.19 bits per heavy atom. The highest BCUT2D eigenvalue weighted by Crippen LogP contribution is 2.23. The maximum absolute atomic E-state index is 13.2. The molecule has 1 aromatic heterocycles. The summed E-state index contributed by atoms with van der Waals surface area (Å²) in [5.41, 5.74) is 6.60. The minimum absolute atomic E-state index is 0.0921. The van der Waals surface area contributed by atoms with Crippen LogP contribution in [0, 0.1) is 5.82 Å². The lowest BCUT2D eigenvalue weighted by Crippen LogP contribution is -2.01. The van der Waals surface area contributed by atoms with Gasteiger partial charge in [-0.25, -0.2) is 4.39 Å². The van der Waals surface area contributed by atoms with Crippen molar-refractivity contribution in [2.45, 2.75) is 6.42 Å². The van der Waals surface area contributed by atoms with Crippen LogP contribution in [0.4, 0.5) is 4.39 Å². The van der Waals surface area contributed by atoms with E-state index in [0.29, 0.717) is 30.0 Å². The first kappa shape index (κ1) is 11.1. The molecule has 0 aliphatic heterocycles. The van der Waals surface area contributed by atoms with Gasteiger partial charge in [0.25, 0.3) is 0 Å². The average molecular weight is 241 g/mol. The molecule has 0 aliphatic rings. The third kappa shape index (κ3) is 2.23. The number of aromatic nitrogens is 1. The van der Waals surface area contributed by atoms with Crippen LogP contribution in [0.2, 0.25) is 5.02 Å². The highest BCUT2D eigenvalue weighted by Gasteiger charge is 2.08. The maximum Gasteiger partial charge on any atom is 0.142 e. The number of benzene rings is 1. The van der Waals surface area contributed by atoms with Gasteiger partial charge in [0.2, 0.25) is 0 Å². The number of rotatable bonds is 3. The lowest BCUT2D eigenvalue weighted by atomic mass is 10.1. The highest BCUT2D eigenvalue weighted by molar-refractivity contribution is 6.30. The lowest BCUT2D eigenvalue weighted by Gasteiger charge is -1.97. The molecule has 0 aliphatic carbocycles. The molecule has 0 unspecified atom stereocenters. The van der Waals surface area contributed by atoms with Crippen molar-refractivity contribution in [3.05, 3.63) is 40.9 Å². The first-order valence-corrected chi connectivity index (χ1v) is 5.19. The normalized spacial score (nSPS) is 10.7. The van der Waals surface area contributed by atoms with Gasteiger partial charge in [-0.3, -0.25) is 0 Å². The monoisotopic (exact) mass is 240 g/mol. The molecule has 2 N–H and O–H groups in total. The van der Waals surface area contributed by atoms with E-state index in [1.165, 1.54) is 12.1 Å². The second-order valence-corrected chi connectivity index (χ2v) is 3.75. The Labute approximate surface area is 97.0 Å². The molecule has 84 valence electrons. The van der Waals surface area contributed by atoms with E-state index in [1.54, 1.807) is 12.1 Å². The second-order valence-electron chi connectivity index (χ2n) is 3.35. The Morgan fingerprint density at radius 3 is 2.88 bits per heavy atom. The van der Waals surface area contributed by atoms with Gasteiger partial charge in [-0.1, -0.05) is 22.8 Å². The maximum atomic E-state index is 13.2. The summed E-state index contributed by atoms with van der Waals surface area (Å²) in [4.78, 5) is 0. The average Bonchev–Trinajstić information content (AvgIpc) is 2.71. The zero-order valence-electron chi connectivity index (χ0n) is 8.41. The fourth-order valence-corrected chi connectivity index (χ4v) is 1.48. The number of hydrogen-bond donors (Lipinski definition) is 1. The molecule has 0 saturated heterocycles. The first-order valence-electron chi connectivity index (χ1n) is 4.82. The van der Waals surface area contributed by atoms with Gasteiger partial charge in [0, 0.05) is 18.1 Å². The molecule has 0 bridgehead atoms. The molecule has 0 fully saturated rings. The van der Waals surface area contributed by atoms with E-state index in [1.807, 2.05) is 0 Å². The van der Waals surface area contributed by atoms with Crippen molar-refractivity contribution >= 4 is 11.6 Å². The molecule has 16 heavy (non-hydrogen) atoms. The minimum Gasteiger partial charge on any atom is -0.361 e. The van der Waals surface area contributed by atoms with Crippen LogP contribution in [0.1, 0.15) is 5.76 Å². The van der Waals surface area contributed by atoms with Crippen molar-refractivity contribution in [1.29, 1.82) is 0 Å². The molecule has 5 heteroatoms. The van der Waals surface area contributed by atoms with Gasteiger partial charge in [0.1, 0.15) is 17.3 Å². The summed E-state index contributed by atoms with van der Waals surface area (Å²) < 4.78 is 18.3. The van der Waals surface area contributed by atoms with Crippen LogP contribution < -0.4 is 5.73 Å². The topological polar surface area (TPSA) is 52.0 Å².